The summed E-state index contributed by atoms with van der Waals surface area (Å²) in [4.78, 5) is 3.60. The third-order valence-electron chi connectivity index (χ3n) is 3.04. The van der Waals surface area contributed by atoms with E-state index in [9.17, 15) is 17.6 Å². The molecule has 2 rings (SSSR count). The molecule has 0 aliphatic heterocycles. The highest BCUT2D eigenvalue weighted by atomic mass is 19.2. The van der Waals surface area contributed by atoms with Crippen molar-refractivity contribution in [3.05, 3.63) is 53.4 Å². The fourth-order valence-corrected chi connectivity index (χ4v) is 2.08. The first-order chi connectivity index (χ1) is 10.5. The van der Waals surface area contributed by atoms with Crippen molar-refractivity contribution in [2.45, 2.75) is 13.5 Å². The number of halogens is 4. The summed E-state index contributed by atoms with van der Waals surface area (Å²) < 4.78 is 59.2. The van der Waals surface area contributed by atoms with Crippen LogP contribution < -0.4 is 9.64 Å². The smallest absolute Gasteiger partial charge is 0.253 e. The van der Waals surface area contributed by atoms with E-state index in [1.807, 2.05) is 0 Å². The lowest BCUT2D eigenvalue weighted by Gasteiger charge is -2.22. The fraction of sp³-hybridized carbons (Fsp3) is 0.267. The average molecular weight is 314 g/mol. The van der Waals surface area contributed by atoms with Gasteiger partial charge in [-0.1, -0.05) is 18.2 Å². The van der Waals surface area contributed by atoms with Crippen LogP contribution in [-0.2, 0) is 6.54 Å². The second-order valence-corrected chi connectivity index (χ2v) is 4.57. The Labute approximate surface area is 125 Å². The predicted molar refractivity (Wildman–Crippen MR) is 73.8 cm³/mol. The molecule has 0 bridgehead atoms. The van der Waals surface area contributed by atoms with E-state index in [1.54, 1.807) is 31.2 Å². The fourth-order valence-electron chi connectivity index (χ4n) is 2.08. The molecule has 0 spiro atoms. The summed E-state index contributed by atoms with van der Waals surface area (Å²) in [5, 5.41) is 0. The summed E-state index contributed by atoms with van der Waals surface area (Å²) in [6.07, 6.45) is 0. The van der Waals surface area contributed by atoms with Crippen LogP contribution in [0.25, 0.3) is 0 Å². The number of anilines is 1. The lowest BCUT2D eigenvalue weighted by molar-refractivity contribution is 0.336. The lowest BCUT2D eigenvalue weighted by Crippen LogP contribution is -2.21. The summed E-state index contributed by atoms with van der Waals surface area (Å²) in [5.41, 5.74) is -0.181. The minimum absolute atomic E-state index is 0.00685. The molecule has 3 nitrogen and oxygen atoms in total. The van der Waals surface area contributed by atoms with Crippen LogP contribution in [-0.4, -0.2) is 18.6 Å². The summed E-state index contributed by atoms with van der Waals surface area (Å²) in [5.74, 6) is -5.89. The number of benzene rings is 1. The normalized spacial score (nSPS) is 10.6. The van der Waals surface area contributed by atoms with Crippen molar-refractivity contribution in [1.29, 1.82) is 0 Å². The Morgan fingerprint density at radius 2 is 1.64 bits per heavy atom. The van der Waals surface area contributed by atoms with Gasteiger partial charge in [0.2, 0.25) is 11.6 Å². The largest absolute Gasteiger partial charge is 0.494 e. The van der Waals surface area contributed by atoms with E-state index in [1.165, 1.54) is 7.05 Å². The van der Waals surface area contributed by atoms with Crippen molar-refractivity contribution in [1.82, 2.24) is 4.98 Å². The topological polar surface area (TPSA) is 25.4 Å². The molecule has 1 heterocycles. The van der Waals surface area contributed by atoms with Crippen LogP contribution in [0.5, 0.6) is 5.75 Å². The number of nitrogens with zero attached hydrogens (tertiary/aromatic N) is 2. The Balaban J connectivity index is 2.36. The van der Waals surface area contributed by atoms with Crippen LogP contribution in [0.4, 0.5) is 23.2 Å². The first-order valence-electron chi connectivity index (χ1n) is 6.57. The van der Waals surface area contributed by atoms with E-state index in [0.29, 0.717) is 17.9 Å². The highest BCUT2D eigenvalue weighted by Gasteiger charge is 2.24. The molecule has 0 radical (unpaired) electrons. The van der Waals surface area contributed by atoms with Crippen molar-refractivity contribution in [3.63, 3.8) is 0 Å². The predicted octanol–water partition coefficient (Wildman–Crippen LogP) is 3.67. The number of aromatic nitrogens is 1. The van der Waals surface area contributed by atoms with Crippen LogP contribution in [0.2, 0.25) is 0 Å². The standard InChI is InChI=1S/C15H14F4N2O/c1-3-22-10-7-5-4-6-9(10)8-21(2)13-11(16)14(18)20-15(19)12(13)17/h4-7H,3,8H2,1-2H3. The molecule has 0 fully saturated rings. The van der Waals surface area contributed by atoms with Crippen molar-refractivity contribution in [2.75, 3.05) is 18.6 Å². The molecule has 0 saturated carbocycles. The summed E-state index contributed by atoms with van der Waals surface area (Å²) in [6, 6.07) is 6.88. The first kappa shape index (κ1) is 16.1. The Bertz CT molecular complexity index is 653. The van der Waals surface area contributed by atoms with Gasteiger partial charge in [-0.2, -0.15) is 22.5 Å². The van der Waals surface area contributed by atoms with Crippen molar-refractivity contribution in [3.8, 4) is 5.75 Å². The molecule has 0 unspecified atom stereocenters. The lowest BCUT2D eigenvalue weighted by atomic mass is 10.2. The van der Waals surface area contributed by atoms with Crippen molar-refractivity contribution < 1.29 is 22.3 Å². The Kier molecular flexibility index (Phi) is 4.85. The van der Waals surface area contributed by atoms with E-state index in [0.717, 1.165) is 4.90 Å². The molecule has 22 heavy (non-hydrogen) atoms. The molecule has 2 aromatic rings. The zero-order valence-electron chi connectivity index (χ0n) is 12.0. The van der Waals surface area contributed by atoms with Crippen LogP contribution in [0.3, 0.4) is 0 Å². The van der Waals surface area contributed by atoms with Crippen LogP contribution in [0.15, 0.2) is 24.3 Å². The van der Waals surface area contributed by atoms with Gasteiger partial charge in [0.15, 0.2) is 0 Å². The molecule has 0 aliphatic carbocycles. The molecule has 1 aromatic carbocycles. The Hall–Kier alpha value is -2.31. The zero-order valence-corrected chi connectivity index (χ0v) is 12.0. The minimum Gasteiger partial charge on any atom is -0.494 e. The van der Waals surface area contributed by atoms with Gasteiger partial charge in [0.25, 0.3) is 11.9 Å². The van der Waals surface area contributed by atoms with Crippen LogP contribution in [0.1, 0.15) is 12.5 Å². The molecule has 0 atom stereocenters. The van der Waals surface area contributed by atoms with E-state index < -0.39 is 29.2 Å². The number of para-hydroxylation sites is 1. The second kappa shape index (κ2) is 6.64. The van der Waals surface area contributed by atoms with E-state index >= 15 is 0 Å². The third-order valence-corrected chi connectivity index (χ3v) is 3.04. The quantitative estimate of drug-likeness (QED) is 0.622. The van der Waals surface area contributed by atoms with Crippen molar-refractivity contribution >= 4 is 5.69 Å². The highest BCUT2D eigenvalue weighted by molar-refractivity contribution is 5.49. The number of hydrogen-bond donors (Lipinski definition) is 0. The van der Waals surface area contributed by atoms with Gasteiger partial charge in [0.1, 0.15) is 11.4 Å². The molecular formula is C15H14F4N2O. The van der Waals surface area contributed by atoms with Gasteiger partial charge in [0.05, 0.1) is 6.61 Å². The maximum absolute atomic E-state index is 13.7. The van der Waals surface area contributed by atoms with Gasteiger partial charge < -0.3 is 9.64 Å². The number of ether oxygens (including phenoxy) is 1. The molecule has 0 saturated heterocycles. The second-order valence-electron chi connectivity index (χ2n) is 4.57. The van der Waals surface area contributed by atoms with Gasteiger partial charge in [0, 0.05) is 19.2 Å². The van der Waals surface area contributed by atoms with Gasteiger partial charge in [-0.25, -0.2) is 0 Å². The van der Waals surface area contributed by atoms with Crippen molar-refractivity contribution in [2.24, 2.45) is 0 Å². The minimum atomic E-state index is -1.68. The molecule has 0 amide bonds. The molecule has 0 N–H and O–H groups in total. The number of pyridine rings is 1. The number of hydrogen-bond acceptors (Lipinski definition) is 3. The Morgan fingerprint density at radius 3 is 2.23 bits per heavy atom. The number of rotatable bonds is 5. The molecule has 118 valence electrons. The first-order valence-corrected chi connectivity index (χ1v) is 6.57. The summed E-state index contributed by atoms with van der Waals surface area (Å²) >= 11 is 0. The zero-order chi connectivity index (χ0) is 16.3. The molecular weight excluding hydrogens is 300 g/mol. The van der Waals surface area contributed by atoms with E-state index in [-0.39, 0.29) is 6.54 Å². The monoisotopic (exact) mass is 314 g/mol. The summed E-state index contributed by atoms with van der Waals surface area (Å²) in [6.45, 7) is 2.22. The van der Waals surface area contributed by atoms with Crippen LogP contribution >= 0.6 is 0 Å². The van der Waals surface area contributed by atoms with Gasteiger partial charge in [-0.3, -0.25) is 0 Å². The summed E-state index contributed by atoms with van der Waals surface area (Å²) in [7, 11) is 1.32. The average Bonchev–Trinajstić information content (AvgIpc) is 2.48. The maximum Gasteiger partial charge on any atom is 0.253 e. The molecule has 7 heteroatoms. The highest BCUT2D eigenvalue weighted by Crippen LogP contribution is 2.28. The van der Waals surface area contributed by atoms with Gasteiger partial charge in [-0.15, -0.1) is 0 Å². The van der Waals surface area contributed by atoms with Gasteiger partial charge in [-0.05, 0) is 13.0 Å². The molecule has 0 aliphatic rings. The van der Waals surface area contributed by atoms with Gasteiger partial charge >= 0.3 is 0 Å². The maximum atomic E-state index is 13.7. The SMILES string of the molecule is CCOc1ccccc1CN(C)c1c(F)c(F)nc(F)c1F. The van der Waals surface area contributed by atoms with E-state index in [2.05, 4.69) is 4.98 Å². The van der Waals surface area contributed by atoms with Crippen LogP contribution in [0, 0.1) is 23.5 Å². The van der Waals surface area contributed by atoms with E-state index in [4.69, 9.17) is 4.74 Å². The third kappa shape index (κ3) is 3.13. The molecule has 1 aromatic heterocycles. The Morgan fingerprint density at radius 1 is 1.05 bits per heavy atom.